The first kappa shape index (κ1) is 22.7. The minimum atomic E-state index is -3.30. The summed E-state index contributed by atoms with van der Waals surface area (Å²) < 4.78 is 29.6. The van der Waals surface area contributed by atoms with Crippen LogP contribution in [0.2, 0.25) is 5.02 Å². The molecular weight excluding hydrogens is 464 g/mol. The van der Waals surface area contributed by atoms with Crippen LogP contribution in [0.3, 0.4) is 0 Å². The maximum absolute atomic E-state index is 12.1. The second-order valence-electron chi connectivity index (χ2n) is 7.68. The molecule has 0 fully saturated rings. The van der Waals surface area contributed by atoms with Crippen molar-refractivity contribution >= 4 is 27.4 Å². The Morgan fingerprint density at radius 1 is 1.03 bits per heavy atom. The number of rotatable bonds is 6. The van der Waals surface area contributed by atoms with Gasteiger partial charge in [-0.25, -0.2) is 13.2 Å². The van der Waals surface area contributed by atoms with Gasteiger partial charge < -0.3 is 9.63 Å². The van der Waals surface area contributed by atoms with E-state index in [0.29, 0.717) is 16.7 Å². The van der Waals surface area contributed by atoms with E-state index in [9.17, 15) is 13.2 Å². The largest absolute Gasteiger partial charge is 0.478 e. The van der Waals surface area contributed by atoms with E-state index in [1.165, 1.54) is 18.4 Å². The van der Waals surface area contributed by atoms with Gasteiger partial charge in [0.15, 0.2) is 9.84 Å². The van der Waals surface area contributed by atoms with Gasteiger partial charge in [-0.2, -0.15) is 4.98 Å². The van der Waals surface area contributed by atoms with Crippen LogP contribution in [0.4, 0.5) is 0 Å². The van der Waals surface area contributed by atoms with Crippen molar-refractivity contribution in [2.24, 2.45) is 0 Å². The zero-order valence-electron chi connectivity index (χ0n) is 17.7. The van der Waals surface area contributed by atoms with Crippen LogP contribution in [0.25, 0.3) is 34.0 Å². The van der Waals surface area contributed by atoms with Crippen molar-refractivity contribution in [1.82, 2.24) is 10.1 Å². The number of hydrogen-bond donors (Lipinski definition) is 1. The molecule has 7 nitrogen and oxygen atoms in total. The van der Waals surface area contributed by atoms with Crippen molar-refractivity contribution < 1.29 is 22.8 Å². The number of nitrogens with zero attached hydrogens (tertiary/aromatic N) is 2. The number of carbonyl (C=O) groups is 1. The molecule has 168 valence electrons. The number of benzene rings is 3. The molecule has 0 aliphatic heterocycles. The van der Waals surface area contributed by atoms with E-state index in [4.69, 9.17) is 21.2 Å². The van der Waals surface area contributed by atoms with Crippen LogP contribution in [0, 0.1) is 6.92 Å². The van der Waals surface area contributed by atoms with Crippen molar-refractivity contribution in [3.05, 3.63) is 82.4 Å². The lowest BCUT2D eigenvalue weighted by Crippen LogP contribution is -2.03. The van der Waals surface area contributed by atoms with E-state index in [1.807, 2.05) is 37.3 Å². The number of carboxylic acid groups (broad SMARTS) is 1. The molecule has 0 atom stereocenters. The number of sulfone groups is 1. The van der Waals surface area contributed by atoms with E-state index in [2.05, 4.69) is 10.1 Å². The van der Waals surface area contributed by atoms with Gasteiger partial charge in [-0.05, 0) is 53.4 Å². The lowest BCUT2D eigenvalue weighted by molar-refractivity contribution is 0.0697. The molecule has 4 rings (SSSR count). The van der Waals surface area contributed by atoms with Crippen LogP contribution in [0.1, 0.15) is 21.5 Å². The molecule has 1 aromatic heterocycles. The first-order valence-corrected chi connectivity index (χ1v) is 12.3. The summed E-state index contributed by atoms with van der Waals surface area (Å²) in [6.45, 7) is 1.97. The molecule has 0 radical (unpaired) electrons. The zero-order valence-corrected chi connectivity index (χ0v) is 19.3. The zero-order chi connectivity index (χ0) is 23.8. The summed E-state index contributed by atoms with van der Waals surface area (Å²) in [4.78, 5) is 15.6. The van der Waals surface area contributed by atoms with Gasteiger partial charge in [-0.15, -0.1) is 0 Å². The molecule has 4 aromatic rings. The summed E-state index contributed by atoms with van der Waals surface area (Å²) in [5, 5.41) is 13.2. The molecule has 0 saturated heterocycles. The van der Waals surface area contributed by atoms with E-state index >= 15 is 0 Å². The number of hydrogen-bond acceptors (Lipinski definition) is 6. The molecule has 1 N–H and O–H groups in total. The van der Waals surface area contributed by atoms with Gasteiger partial charge in [0.25, 0.3) is 5.89 Å². The first-order valence-electron chi connectivity index (χ1n) is 9.86. The fourth-order valence-corrected chi connectivity index (χ4v) is 4.62. The molecule has 1 heterocycles. The van der Waals surface area contributed by atoms with Crippen LogP contribution >= 0.6 is 11.6 Å². The predicted molar refractivity (Wildman–Crippen MR) is 126 cm³/mol. The molecule has 0 spiro atoms. The molecule has 3 aromatic carbocycles. The first-order chi connectivity index (χ1) is 15.6. The Morgan fingerprint density at radius 3 is 2.42 bits per heavy atom. The third-order valence-corrected chi connectivity index (χ3v) is 6.24. The average molecular weight is 483 g/mol. The van der Waals surface area contributed by atoms with Crippen LogP contribution in [-0.2, 0) is 15.6 Å². The van der Waals surface area contributed by atoms with Gasteiger partial charge in [0.1, 0.15) is 0 Å². The van der Waals surface area contributed by atoms with E-state index in [-0.39, 0.29) is 28.1 Å². The van der Waals surface area contributed by atoms with Gasteiger partial charge in [-0.3, -0.25) is 0 Å². The van der Waals surface area contributed by atoms with Gasteiger partial charge in [0.05, 0.1) is 16.3 Å². The maximum atomic E-state index is 12.1. The Kier molecular flexibility index (Phi) is 6.05. The minimum absolute atomic E-state index is 0.0265. The lowest BCUT2D eigenvalue weighted by atomic mass is 9.95. The summed E-state index contributed by atoms with van der Waals surface area (Å²) >= 11 is 6.04. The van der Waals surface area contributed by atoms with Gasteiger partial charge in [-0.1, -0.05) is 53.2 Å². The van der Waals surface area contributed by atoms with Crippen molar-refractivity contribution in [3.8, 4) is 34.0 Å². The van der Waals surface area contributed by atoms with E-state index in [0.717, 1.165) is 16.7 Å². The van der Waals surface area contributed by atoms with Crippen molar-refractivity contribution in [1.29, 1.82) is 0 Å². The molecule has 0 saturated carbocycles. The molecule has 9 heteroatoms. The third-order valence-electron chi connectivity index (χ3n) is 5.09. The molecule has 0 aliphatic rings. The maximum Gasteiger partial charge on any atom is 0.337 e. The molecule has 0 amide bonds. The van der Waals surface area contributed by atoms with Gasteiger partial charge >= 0.3 is 5.97 Å². The van der Waals surface area contributed by atoms with Crippen LogP contribution in [-0.4, -0.2) is 35.9 Å². The summed E-state index contributed by atoms with van der Waals surface area (Å²) in [5.74, 6) is -0.837. The standard InChI is InChI=1S/C24H19ClN2O5S/c1-14-5-3-4-6-18(14)19-9-8-16(11-17(19)13-33(2,30)31)23-26-22(27-32-23)15-7-10-20(24(28)29)21(25)12-15/h3-12H,13H2,1-2H3,(H,28,29). The Balaban J connectivity index is 1.75. The van der Waals surface area contributed by atoms with Crippen LogP contribution in [0.5, 0.6) is 0 Å². The highest BCUT2D eigenvalue weighted by Gasteiger charge is 2.18. The van der Waals surface area contributed by atoms with E-state index < -0.39 is 15.8 Å². The molecule has 0 unspecified atom stereocenters. The molecular formula is C24H19ClN2O5S. The molecule has 0 aliphatic carbocycles. The Labute approximate surface area is 195 Å². The topological polar surface area (TPSA) is 110 Å². The highest BCUT2D eigenvalue weighted by molar-refractivity contribution is 7.89. The number of aromatic carboxylic acids is 1. The number of aryl methyl sites for hydroxylation is 1. The van der Waals surface area contributed by atoms with Crippen molar-refractivity contribution in [2.45, 2.75) is 12.7 Å². The second-order valence-corrected chi connectivity index (χ2v) is 10.2. The predicted octanol–water partition coefficient (Wildman–Crippen LogP) is 5.28. The highest BCUT2D eigenvalue weighted by Crippen LogP contribution is 2.32. The van der Waals surface area contributed by atoms with Gasteiger partial charge in [0.2, 0.25) is 5.82 Å². The normalized spacial score (nSPS) is 11.5. The third kappa shape index (κ3) is 4.97. The molecule has 33 heavy (non-hydrogen) atoms. The fourth-order valence-electron chi connectivity index (χ4n) is 3.55. The Morgan fingerprint density at radius 2 is 1.76 bits per heavy atom. The smallest absolute Gasteiger partial charge is 0.337 e. The summed E-state index contributed by atoms with van der Waals surface area (Å²) in [6, 6.07) is 17.5. The second kappa shape index (κ2) is 8.80. The summed E-state index contributed by atoms with van der Waals surface area (Å²) in [7, 11) is -3.30. The number of carboxylic acids is 1. The monoisotopic (exact) mass is 482 g/mol. The van der Waals surface area contributed by atoms with E-state index in [1.54, 1.807) is 18.2 Å². The van der Waals surface area contributed by atoms with Crippen LogP contribution < -0.4 is 0 Å². The lowest BCUT2D eigenvalue weighted by Gasteiger charge is -2.12. The van der Waals surface area contributed by atoms with Crippen LogP contribution in [0.15, 0.2) is 65.2 Å². The molecule has 0 bridgehead atoms. The number of aromatic nitrogens is 2. The SMILES string of the molecule is Cc1ccccc1-c1ccc(-c2nc(-c3ccc(C(=O)O)c(Cl)c3)no2)cc1CS(C)(=O)=O. The average Bonchev–Trinajstić information content (AvgIpc) is 3.23. The Bertz CT molecular complexity index is 1480. The number of halogens is 1. The van der Waals surface area contributed by atoms with Gasteiger partial charge in [0, 0.05) is 17.4 Å². The highest BCUT2D eigenvalue weighted by atomic mass is 35.5. The van der Waals surface area contributed by atoms with Crippen molar-refractivity contribution in [2.75, 3.05) is 6.26 Å². The Hall–Kier alpha value is -3.49. The minimum Gasteiger partial charge on any atom is -0.478 e. The summed E-state index contributed by atoms with van der Waals surface area (Å²) in [6.07, 6.45) is 1.19. The fraction of sp³-hybridized carbons (Fsp3) is 0.125. The van der Waals surface area contributed by atoms with Crippen molar-refractivity contribution in [3.63, 3.8) is 0 Å². The quantitative estimate of drug-likeness (QED) is 0.398. The summed E-state index contributed by atoms with van der Waals surface area (Å²) in [5.41, 5.74) is 4.45.